The largest absolute Gasteiger partial charge is 0.508 e. The molecule has 0 fully saturated rings. The maximum Gasteiger partial charge on any atom is 0.340 e. The van der Waals surface area contributed by atoms with E-state index in [0.29, 0.717) is 32.7 Å². The van der Waals surface area contributed by atoms with Gasteiger partial charge in [-0.3, -0.25) is 4.79 Å². The number of aromatic hydroxyl groups is 1. The summed E-state index contributed by atoms with van der Waals surface area (Å²) >= 11 is 6.19. The van der Waals surface area contributed by atoms with Gasteiger partial charge in [-0.25, -0.2) is 9.59 Å². The van der Waals surface area contributed by atoms with Crippen molar-refractivity contribution >= 4 is 45.3 Å². The maximum atomic E-state index is 12.7. The van der Waals surface area contributed by atoms with Crippen LogP contribution in [0.1, 0.15) is 16.7 Å². The Balaban J connectivity index is 1.58. The van der Waals surface area contributed by atoms with Crippen molar-refractivity contribution < 1.29 is 29.0 Å². The number of hydrogen-bond donors (Lipinski definition) is 4. The van der Waals surface area contributed by atoms with Crippen molar-refractivity contribution in [1.82, 2.24) is 10.3 Å². The Labute approximate surface area is 197 Å². The molecule has 10 heteroatoms. The van der Waals surface area contributed by atoms with Gasteiger partial charge in [-0.1, -0.05) is 11.6 Å². The summed E-state index contributed by atoms with van der Waals surface area (Å²) in [4.78, 5) is 40.1. The van der Waals surface area contributed by atoms with Crippen LogP contribution in [-0.4, -0.2) is 40.2 Å². The first-order valence-electron chi connectivity index (χ1n) is 10.3. The summed E-state index contributed by atoms with van der Waals surface area (Å²) in [5.74, 6) is -1.49. The van der Waals surface area contributed by atoms with Crippen molar-refractivity contribution in [3.8, 4) is 11.5 Å². The molecular weight excluding hydrogens is 464 g/mol. The lowest BCUT2D eigenvalue weighted by Crippen LogP contribution is -2.43. The van der Waals surface area contributed by atoms with E-state index in [1.54, 1.807) is 25.3 Å². The zero-order chi connectivity index (χ0) is 24.6. The van der Waals surface area contributed by atoms with Crippen LogP contribution in [0, 0.1) is 6.92 Å². The predicted molar refractivity (Wildman–Crippen MR) is 126 cm³/mol. The number of rotatable bonds is 7. The highest BCUT2D eigenvalue weighted by molar-refractivity contribution is 6.32. The highest BCUT2D eigenvalue weighted by Gasteiger charge is 2.24. The number of carboxylic acids is 1. The molecule has 4 N–H and O–H groups in total. The van der Waals surface area contributed by atoms with Crippen LogP contribution in [0.5, 0.6) is 11.5 Å². The number of nitrogens with one attached hydrogen (secondary N) is 2. The summed E-state index contributed by atoms with van der Waals surface area (Å²) in [6.07, 6.45) is 1.24. The number of H-pyrrole nitrogens is 1. The van der Waals surface area contributed by atoms with E-state index in [4.69, 9.17) is 20.8 Å². The van der Waals surface area contributed by atoms with Crippen molar-refractivity contribution in [2.45, 2.75) is 25.8 Å². The molecule has 176 valence electrons. The second-order valence-electron chi connectivity index (χ2n) is 7.86. The maximum absolute atomic E-state index is 12.7. The molecule has 4 rings (SSSR count). The van der Waals surface area contributed by atoms with Crippen LogP contribution in [0.15, 0.2) is 45.7 Å². The lowest BCUT2D eigenvalue weighted by atomic mass is 10.0. The second-order valence-corrected chi connectivity index (χ2v) is 8.27. The minimum atomic E-state index is -1.25. The number of phenolic OH excluding ortho intramolecular Hbond substituents is 1. The molecule has 2 heterocycles. The molecule has 0 unspecified atom stereocenters. The number of hydrogen-bond acceptors (Lipinski definition) is 6. The summed E-state index contributed by atoms with van der Waals surface area (Å²) in [6.45, 7) is 1.66. The Bertz CT molecular complexity index is 1490. The third-order valence-corrected chi connectivity index (χ3v) is 6.00. The van der Waals surface area contributed by atoms with Gasteiger partial charge in [0.2, 0.25) is 5.91 Å². The Kier molecular flexibility index (Phi) is 6.21. The fourth-order valence-corrected chi connectivity index (χ4v) is 4.15. The van der Waals surface area contributed by atoms with Gasteiger partial charge in [-0.05, 0) is 42.3 Å². The van der Waals surface area contributed by atoms with E-state index in [2.05, 4.69) is 10.3 Å². The molecule has 2 aromatic heterocycles. The molecule has 0 aliphatic heterocycles. The Hall–Kier alpha value is -3.98. The molecule has 1 amide bonds. The van der Waals surface area contributed by atoms with E-state index in [1.807, 2.05) is 0 Å². The number of ether oxygens (including phenoxy) is 1. The Morgan fingerprint density at radius 2 is 2.00 bits per heavy atom. The number of halogens is 1. The number of carbonyl (C=O) groups is 2. The number of aromatic amines is 1. The smallest absolute Gasteiger partial charge is 0.340 e. The summed E-state index contributed by atoms with van der Waals surface area (Å²) in [5.41, 5.74) is 1.51. The highest BCUT2D eigenvalue weighted by Crippen LogP contribution is 2.31. The normalized spacial score (nSPS) is 12.1. The average molecular weight is 485 g/mol. The molecule has 4 aromatic rings. The number of phenols is 1. The minimum absolute atomic E-state index is 0.0226. The van der Waals surface area contributed by atoms with E-state index < -0.39 is 23.5 Å². The highest BCUT2D eigenvalue weighted by atomic mass is 35.5. The van der Waals surface area contributed by atoms with Gasteiger partial charge in [0, 0.05) is 35.0 Å². The van der Waals surface area contributed by atoms with Gasteiger partial charge in [0.15, 0.2) is 0 Å². The van der Waals surface area contributed by atoms with E-state index in [9.17, 15) is 24.6 Å². The predicted octanol–water partition coefficient (Wildman–Crippen LogP) is 3.30. The number of carbonyl (C=O) groups excluding carboxylic acids is 1. The zero-order valence-electron chi connectivity index (χ0n) is 18.3. The number of carboxylic acid groups (broad SMARTS) is 1. The summed E-state index contributed by atoms with van der Waals surface area (Å²) in [6, 6.07) is 6.54. The average Bonchev–Trinajstić information content (AvgIpc) is 3.18. The van der Waals surface area contributed by atoms with Gasteiger partial charge < -0.3 is 29.7 Å². The van der Waals surface area contributed by atoms with Crippen molar-refractivity contribution in [3.63, 3.8) is 0 Å². The van der Waals surface area contributed by atoms with E-state index >= 15 is 0 Å². The minimum Gasteiger partial charge on any atom is -0.508 e. The second kappa shape index (κ2) is 9.11. The van der Waals surface area contributed by atoms with Gasteiger partial charge in [-0.2, -0.15) is 0 Å². The van der Waals surface area contributed by atoms with E-state index in [0.717, 1.165) is 5.52 Å². The number of aryl methyl sites for hydroxylation is 1. The first-order valence-corrected chi connectivity index (χ1v) is 10.7. The molecule has 0 radical (unpaired) electrons. The molecule has 0 aliphatic carbocycles. The quantitative estimate of drug-likeness (QED) is 0.295. The van der Waals surface area contributed by atoms with Gasteiger partial charge in [-0.15, -0.1) is 0 Å². The Morgan fingerprint density at radius 3 is 2.71 bits per heavy atom. The SMILES string of the molecule is COc1cc2oc(=O)c(CC(=O)N[C@@H](Cc3c[nH]c4ccc(O)cc34)C(=O)O)c(C)c2cc1Cl. The van der Waals surface area contributed by atoms with Crippen molar-refractivity contribution in [2.75, 3.05) is 7.11 Å². The monoisotopic (exact) mass is 484 g/mol. The number of aromatic nitrogens is 1. The molecule has 0 saturated heterocycles. The lowest BCUT2D eigenvalue weighted by Gasteiger charge is -2.15. The van der Waals surface area contributed by atoms with Crippen LogP contribution in [0.4, 0.5) is 0 Å². The van der Waals surface area contributed by atoms with Crippen LogP contribution in [-0.2, 0) is 22.4 Å². The molecule has 1 atom stereocenters. The van der Waals surface area contributed by atoms with Crippen molar-refractivity contribution in [3.05, 3.63) is 68.7 Å². The van der Waals surface area contributed by atoms with Crippen LogP contribution in [0.2, 0.25) is 5.02 Å². The van der Waals surface area contributed by atoms with Gasteiger partial charge in [0.05, 0.1) is 24.1 Å². The molecule has 9 nitrogen and oxygen atoms in total. The van der Waals surface area contributed by atoms with Gasteiger partial charge in [0.1, 0.15) is 23.1 Å². The Morgan fingerprint density at radius 1 is 1.24 bits per heavy atom. The van der Waals surface area contributed by atoms with Crippen LogP contribution < -0.4 is 15.7 Å². The van der Waals surface area contributed by atoms with Crippen molar-refractivity contribution in [2.24, 2.45) is 0 Å². The van der Waals surface area contributed by atoms with E-state index in [1.165, 1.54) is 25.3 Å². The summed E-state index contributed by atoms with van der Waals surface area (Å²) < 4.78 is 10.5. The van der Waals surface area contributed by atoms with Crippen LogP contribution in [0.25, 0.3) is 21.9 Å². The fraction of sp³-hybridized carbons (Fsp3) is 0.208. The van der Waals surface area contributed by atoms with Gasteiger partial charge >= 0.3 is 11.6 Å². The molecule has 0 aliphatic rings. The summed E-state index contributed by atoms with van der Waals surface area (Å²) in [5, 5.41) is 23.4. The number of methoxy groups -OCH3 is 1. The van der Waals surface area contributed by atoms with Crippen molar-refractivity contribution in [1.29, 1.82) is 0 Å². The van der Waals surface area contributed by atoms with Crippen LogP contribution in [0.3, 0.4) is 0 Å². The number of aliphatic carboxylic acids is 1. The van der Waals surface area contributed by atoms with Crippen LogP contribution >= 0.6 is 11.6 Å². The zero-order valence-corrected chi connectivity index (χ0v) is 19.0. The first-order chi connectivity index (χ1) is 16.2. The number of fused-ring (bicyclic) bond motifs is 2. The third-order valence-electron chi connectivity index (χ3n) is 5.71. The summed E-state index contributed by atoms with van der Waals surface area (Å²) in [7, 11) is 1.44. The molecular formula is C24H21ClN2O7. The topological polar surface area (TPSA) is 142 Å². The third kappa shape index (κ3) is 4.42. The van der Waals surface area contributed by atoms with Gasteiger partial charge in [0.25, 0.3) is 0 Å². The molecule has 0 saturated carbocycles. The first kappa shape index (κ1) is 23.2. The molecule has 34 heavy (non-hydrogen) atoms. The lowest BCUT2D eigenvalue weighted by molar-refractivity contribution is -0.141. The molecule has 0 bridgehead atoms. The standard InChI is InChI=1S/C24H21ClN2O7/c1-11-14-7-17(25)21(33-2)9-20(14)34-24(32)15(11)8-22(29)27-19(23(30)31)5-12-10-26-18-4-3-13(28)6-16(12)18/h3-4,6-7,9-10,19,26,28H,5,8H2,1-2H3,(H,27,29)(H,30,31)/t19-/m0/s1. The number of amides is 1. The van der Waals surface area contributed by atoms with E-state index in [-0.39, 0.29) is 29.7 Å². The number of benzene rings is 2. The molecule has 2 aromatic carbocycles. The fourth-order valence-electron chi connectivity index (χ4n) is 3.91. The molecule has 0 spiro atoms.